The molecule has 0 unspecified atom stereocenters. The fourth-order valence-electron chi connectivity index (χ4n) is 2.20. The Hall–Kier alpha value is -2.77. The number of hydrogen-bond donors (Lipinski definition) is 2. The van der Waals surface area contributed by atoms with Gasteiger partial charge in [-0.05, 0) is 30.7 Å². The molecular formula is C18H21F3N4O. The summed E-state index contributed by atoms with van der Waals surface area (Å²) in [5.41, 5.74) is 0.564. The molecule has 1 aromatic heterocycles. The minimum atomic E-state index is -4.36. The first-order chi connectivity index (χ1) is 12.4. The van der Waals surface area contributed by atoms with Crippen molar-refractivity contribution in [3.8, 4) is 5.88 Å². The van der Waals surface area contributed by atoms with E-state index in [-0.39, 0.29) is 6.54 Å². The van der Waals surface area contributed by atoms with E-state index in [2.05, 4.69) is 20.6 Å². The molecule has 0 saturated carbocycles. The van der Waals surface area contributed by atoms with Crippen LogP contribution in [0.25, 0.3) is 0 Å². The molecule has 0 aliphatic heterocycles. The molecule has 1 aromatic carbocycles. The van der Waals surface area contributed by atoms with Gasteiger partial charge in [0.05, 0.1) is 31.5 Å². The van der Waals surface area contributed by atoms with Crippen molar-refractivity contribution in [2.24, 2.45) is 4.99 Å². The van der Waals surface area contributed by atoms with Crippen molar-refractivity contribution in [3.63, 3.8) is 0 Å². The Bertz CT molecular complexity index is 747. The maximum atomic E-state index is 12.8. The van der Waals surface area contributed by atoms with Gasteiger partial charge in [0.2, 0.25) is 5.88 Å². The average Bonchev–Trinajstić information content (AvgIpc) is 2.63. The number of halogens is 3. The lowest BCUT2D eigenvalue weighted by Gasteiger charge is -2.12. The summed E-state index contributed by atoms with van der Waals surface area (Å²) < 4.78 is 43.4. The predicted molar refractivity (Wildman–Crippen MR) is 93.9 cm³/mol. The van der Waals surface area contributed by atoms with Crippen molar-refractivity contribution in [1.29, 1.82) is 0 Å². The topological polar surface area (TPSA) is 58.5 Å². The Kier molecular flexibility index (Phi) is 6.82. The van der Waals surface area contributed by atoms with Crippen LogP contribution in [-0.4, -0.2) is 24.6 Å². The molecule has 5 nitrogen and oxygen atoms in total. The number of alkyl halides is 3. The SMILES string of the molecule is CCNC(=NCc1cccc(C(F)(F)F)c1)NCc1cccc(OC)n1. The number of aliphatic imine (C=N–C) groups is 1. The highest BCUT2D eigenvalue weighted by Gasteiger charge is 2.30. The van der Waals surface area contributed by atoms with E-state index < -0.39 is 11.7 Å². The van der Waals surface area contributed by atoms with Crippen LogP contribution in [0.2, 0.25) is 0 Å². The molecule has 26 heavy (non-hydrogen) atoms. The second-order valence-electron chi connectivity index (χ2n) is 5.42. The summed E-state index contributed by atoms with van der Waals surface area (Å²) in [5.74, 6) is 1.00. The normalized spacial score (nSPS) is 12.0. The van der Waals surface area contributed by atoms with Gasteiger partial charge in [0.15, 0.2) is 5.96 Å². The van der Waals surface area contributed by atoms with Gasteiger partial charge in [0.1, 0.15) is 0 Å². The van der Waals surface area contributed by atoms with Crippen LogP contribution in [0.4, 0.5) is 13.2 Å². The van der Waals surface area contributed by atoms with Crippen LogP contribution in [0, 0.1) is 0 Å². The van der Waals surface area contributed by atoms with E-state index >= 15 is 0 Å². The molecule has 0 amide bonds. The minimum Gasteiger partial charge on any atom is -0.481 e. The number of nitrogens with one attached hydrogen (secondary N) is 2. The van der Waals surface area contributed by atoms with E-state index in [9.17, 15) is 13.2 Å². The Labute approximate surface area is 150 Å². The third kappa shape index (κ3) is 5.94. The molecule has 140 valence electrons. The highest BCUT2D eigenvalue weighted by Crippen LogP contribution is 2.29. The fraction of sp³-hybridized carbons (Fsp3) is 0.333. The zero-order valence-corrected chi connectivity index (χ0v) is 14.6. The van der Waals surface area contributed by atoms with Crippen molar-refractivity contribution in [1.82, 2.24) is 15.6 Å². The summed E-state index contributed by atoms with van der Waals surface area (Å²) >= 11 is 0. The van der Waals surface area contributed by atoms with Crippen molar-refractivity contribution in [2.45, 2.75) is 26.2 Å². The molecule has 0 bridgehead atoms. The van der Waals surface area contributed by atoms with Gasteiger partial charge in [-0.3, -0.25) is 0 Å². The summed E-state index contributed by atoms with van der Waals surface area (Å²) in [6.07, 6.45) is -4.36. The number of aromatic nitrogens is 1. The molecule has 8 heteroatoms. The van der Waals surface area contributed by atoms with E-state index in [4.69, 9.17) is 4.74 Å². The van der Waals surface area contributed by atoms with Gasteiger partial charge < -0.3 is 15.4 Å². The first-order valence-electron chi connectivity index (χ1n) is 8.10. The largest absolute Gasteiger partial charge is 0.481 e. The number of pyridine rings is 1. The molecular weight excluding hydrogens is 345 g/mol. The smallest absolute Gasteiger partial charge is 0.416 e. The Morgan fingerprint density at radius 2 is 1.92 bits per heavy atom. The average molecular weight is 366 g/mol. The maximum Gasteiger partial charge on any atom is 0.416 e. The highest BCUT2D eigenvalue weighted by atomic mass is 19.4. The summed E-state index contributed by atoms with van der Waals surface area (Å²) in [6.45, 7) is 3.07. The first kappa shape index (κ1) is 19.6. The summed E-state index contributed by atoms with van der Waals surface area (Å²) in [6, 6.07) is 10.6. The molecule has 0 spiro atoms. The zero-order chi connectivity index (χ0) is 19.0. The molecule has 0 fully saturated rings. The molecule has 0 radical (unpaired) electrons. The third-order valence-corrected chi connectivity index (χ3v) is 3.45. The van der Waals surface area contributed by atoms with Gasteiger partial charge in [-0.25, -0.2) is 9.98 Å². The lowest BCUT2D eigenvalue weighted by Crippen LogP contribution is -2.37. The maximum absolute atomic E-state index is 12.8. The van der Waals surface area contributed by atoms with Crippen molar-refractivity contribution in [2.75, 3.05) is 13.7 Å². The lowest BCUT2D eigenvalue weighted by molar-refractivity contribution is -0.137. The van der Waals surface area contributed by atoms with E-state index in [0.717, 1.165) is 17.8 Å². The molecule has 0 aliphatic carbocycles. The quantitative estimate of drug-likeness (QED) is 0.608. The molecule has 2 aromatic rings. The van der Waals surface area contributed by atoms with Crippen molar-refractivity contribution >= 4 is 5.96 Å². The Balaban J connectivity index is 2.04. The molecule has 0 saturated heterocycles. The number of hydrogen-bond acceptors (Lipinski definition) is 3. The molecule has 0 aliphatic rings. The van der Waals surface area contributed by atoms with Gasteiger partial charge >= 0.3 is 6.18 Å². The van der Waals surface area contributed by atoms with E-state index in [1.807, 2.05) is 19.1 Å². The summed E-state index contributed by atoms with van der Waals surface area (Å²) in [7, 11) is 1.54. The standard InChI is InChI=1S/C18H21F3N4O/c1-3-22-17(24-12-15-8-5-9-16(25-15)26-2)23-11-13-6-4-7-14(10-13)18(19,20)21/h4-10H,3,11-12H2,1-2H3,(H2,22,23,24). The van der Waals surface area contributed by atoms with Gasteiger partial charge in [-0.15, -0.1) is 0 Å². The summed E-state index contributed by atoms with van der Waals surface area (Å²) in [5, 5.41) is 6.16. The van der Waals surface area contributed by atoms with Gasteiger partial charge in [-0.1, -0.05) is 18.2 Å². The van der Waals surface area contributed by atoms with Crippen molar-refractivity contribution < 1.29 is 17.9 Å². The number of rotatable bonds is 6. The van der Waals surface area contributed by atoms with Crippen LogP contribution in [0.3, 0.4) is 0 Å². The lowest BCUT2D eigenvalue weighted by atomic mass is 10.1. The van der Waals surface area contributed by atoms with Crippen molar-refractivity contribution in [3.05, 3.63) is 59.3 Å². The van der Waals surface area contributed by atoms with Gasteiger partial charge in [0, 0.05) is 12.6 Å². The predicted octanol–water partition coefficient (Wildman–Crippen LogP) is 3.36. The molecule has 2 rings (SSSR count). The summed E-state index contributed by atoms with van der Waals surface area (Å²) in [4.78, 5) is 8.62. The van der Waals surface area contributed by atoms with Crippen LogP contribution in [0.1, 0.15) is 23.7 Å². The highest BCUT2D eigenvalue weighted by molar-refractivity contribution is 5.79. The van der Waals surface area contributed by atoms with Gasteiger partial charge in [-0.2, -0.15) is 13.2 Å². The van der Waals surface area contributed by atoms with E-state index in [0.29, 0.717) is 30.5 Å². The molecule has 0 atom stereocenters. The number of ether oxygens (including phenoxy) is 1. The fourth-order valence-corrected chi connectivity index (χ4v) is 2.20. The minimum absolute atomic E-state index is 0.130. The first-order valence-corrected chi connectivity index (χ1v) is 8.10. The number of guanidine groups is 1. The second kappa shape index (κ2) is 9.07. The zero-order valence-electron chi connectivity index (χ0n) is 14.6. The second-order valence-corrected chi connectivity index (χ2v) is 5.42. The van der Waals surface area contributed by atoms with Crippen LogP contribution < -0.4 is 15.4 Å². The van der Waals surface area contributed by atoms with Gasteiger partial charge in [0.25, 0.3) is 0 Å². The molecule has 2 N–H and O–H groups in total. The van der Waals surface area contributed by atoms with Crippen LogP contribution in [-0.2, 0) is 19.3 Å². The number of benzene rings is 1. The number of nitrogens with zero attached hydrogens (tertiary/aromatic N) is 2. The van der Waals surface area contributed by atoms with Crippen LogP contribution >= 0.6 is 0 Å². The Morgan fingerprint density at radius 1 is 1.15 bits per heavy atom. The Morgan fingerprint density at radius 3 is 2.62 bits per heavy atom. The van der Waals surface area contributed by atoms with Crippen LogP contribution in [0.15, 0.2) is 47.5 Å². The van der Waals surface area contributed by atoms with E-state index in [1.165, 1.54) is 6.07 Å². The third-order valence-electron chi connectivity index (χ3n) is 3.45. The van der Waals surface area contributed by atoms with Crippen LogP contribution in [0.5, 0.6) is 5.88 Å². The molecule has 1 heterocycles. The monoisotopic (exact) mass is 366 g/mol. The number of methoxy groups -OCH3 is 1. The van der Waals surface area contributed by atoms with E-state index in [1.54, 1.807) is 19.2 Å².